The summed E-state index contributed by atoms with van der Waals surface area (Å²) >= 11 is 0. The topological polar surface area (TPSA) is 133 Å². The molecule has 1 amide bonds. The Kier molecular flexibility index (Phi) is 7.25. The van der Waals surface area contributed by atoms with Crippen LogP contribution in [0.2, 0.25) is 0 Å². The van der Waals surface area contributed by atoms with Crippen molar-refractivity contribution in [3.8, 4) is 5.75 Å². The van der Waals surface area contributed by atoms with Crippen molar-refractivity contribution in [2.24, 2.45) is 16.0 Å². The monoisotopic (exact) mass is 491 g/mol. The first-order chi connectivity index (χ1) is 16.3. The number of aliphatic hydroxyl groups is 1. The molecule has 11 heteroatoms. The van der Waals surface area contributed by atoms with Crippen molar-refractivity contribution in [1.29, 1.82) is 0 Å². The van der Waals surface area contributed by atoms with Gasteiger partial charge in [0.1, 0.15) is 11.6 Å². The van der Waals surface area contributed by atoms with Gasteiger partial charge in [0.05, 0.1) is 29.7 Å². The Balaban J connectivity index is 1.74. The standard InChI is InChI=1S/C23H33N5O5S/c1-4-16(13-29)27-34(31,32)17-10-11-19(33-5-2)18(12-17)21-25-23(30)20-14(3)24-22(28(20)26-21)15-8-6-7-9-15/h10-12,14-16,20,27,29H,4-9,13H2,1-3H3,(H,25,26,30). The van der Waals surface area contributed by atoms with E-state index in [0.29, 0.717) is 24.3 Å². The molecule has 0 aromatic heterocycles. The highest BCUT2D eigenvalue weighted by molar-refractivity contribution is 7.89. The smallest absolute Gasteiger partial charge is 0.252 e. The van der Waals surface area contributed by atoms with Crippen molar-refractivity contribution in [3.05, 3.63) is 23.8 Å². The van der Waals surface area contributed by atoms with Gasteiger partial charge in [-0.05, 0) is 51.3 Å². The highest BCUT2D eigenvalue weighted by Crippen LogP contribution is 2.34. The summed E-state index contributed by atoms with van der Waals surface area (Å²) in [5.41, 5.74) is 0.374. The lowest BCUT2D eigenvalue weighted by Gasteiger charge is -2.31. The van der Waals surface area contributed by atoms with Crippen LogP contribution in [-0.2, 0) is 14.8 Å². The number of fused-ring (bicyclic) bond motifs is 1. The van der Waals surface area contributed by atoms with Gasteiger partial charge in [-0.2, -0.15) is 5.10 Å². The van der Waals surface area contributed by atoms with Crippen LogP contribution >= 0.6 is 0 Å². The number of amides is 1. The minimum atomic E-state index is -3.91. The van der Waals surface area contributed by atoms with Crippen LogP contribution in [-0.4, -0.2) is 67.5 Å². The summed E-state index contributed by atoms with van der Waals surface area (Å²) in [6.45, 7) is 5.58. The molecule has 1 aliphatic carbocycles. The predicted octanol–water partition coefficient (Wildman–Crippen LogP) is 1.59. The van der Waals surface area contributed by atoms with Crippen molar-refractivity contribution in [2.45, 2.75) is 75.9 Å². The van der Waals surface area contributed by atoms with E-state index in [-0.39, 0.29) is 35.2 Å². The number of carbonyl (C=O) groups excluding carboxylic acids is 1. The van der Waals surface area contributed by atoms with E-state index in [9.17, 15) is 18.3 Å². The summed E-state index contributed by atoms with van der Waals surface area (Å²) < 4.78 is 34.2. The number of hydrogen-bond donors (Lipinski definition) is 3. The van der Waals surface area contributed by atoms with E-state index in [0.717, 1.165) is 31.5 Å². The van der Waals surface area contributed by atoms with Crippen LogP contribution in [0.25, 0.3) is 0 Å². The van der Waals surface area contributed by atoms with E-state index < -0.39 is 22.1 Å². The zero-order valence-corrected chi connectivity index (χ0v) is 20.6. The molecule has 0 saturated heterocycles. The van der Waals surface area contributed by atoms with Crippen LogP contribution in [0.4, 0.5) is 0 Å². The maximum absolute atomic E-state index is 13.1. The van der Waals surface area contributed by atoms with Crippen LogP contribution in [0.3, 0.4) is 0 Å². The molecular weight excluding hydrogens is 458 g/mol. The van der Waals surface area contributed by atoms with Gasteiger partial charge in [-0.25, -0.2) is 18.1 Å². The second-order valence-electron chi connectivity index (χ2n) is 8.94. The Morgan fingerprint density at radius 3 is 2.68 bits per heavy atom. The zero-order valence-electron chi connectivity index (χ0n) is 19.8. The number of aliphatic imine (C=N–C) groups is 1. The number of carbonyl (C=O) groups is 1. The fourth-order valence-electron chi connectivity index (χ4n) is 4.73. The summed E-state index contributed by atoms with van der Waals surface area (Å²) in [6.07, 6.45) is 4.75. The fourth-order valence-corrected chi connectivity index (χ4v) is 6.07. The molecule has 34 heavy (non-hydrogen) atoms. The number of rotatable bonds is 9. The number of aliphatic hydroxyl groups excluding tert-OH is 1. The largest absolute Gasteiger partial charge is 0.493 e. The molecule has 3 atom stereocenters. The van der Waals surface area contributed by atoms with Crippen LogP contribution in [0.5, 0.6) is 5.75 Å². The first-order valence-corrected chi connectivity index (χ1v) is 13.4. The SMILES string of the molecule is CCOc1ccc(S(=O)(=O)NC(CC)CO)cc1C1=NN2C(C3CCCC3)=NC(C)C2C(=O)N1. The minimum Gasteiger partial charge on any atom is -0.493 e. The Morgan fingerprint density at radius 1 is 1.29 bits per heavy atom. The average molecular weight is 492 g/mol. The van der Waals surface area contributed by atoms with Crippen LogP contribution in [0.1, 0.15) is 58.4 Å². The lowest BCUT2D eigenvalue weighted by atomic mass is 10.1. The van der Waals surface area contributed by atoms with E-state index in [2.05, 4.69) is 10.0 Å². The van der Waals surface area contributed by atoms with Gasteiger partial charge in [0.2, 0.25) is 10.0 Å². The number of benzene rings is 1. The van der Waals surface area contributed by atoms with E-state index in [1.807, 2.05) is 13.8 Å². The molecular formula is C23H33N5O5S. The number of hydrazone groups is 1. The van der Waals surface area contributed by atoms with E-state index >= 15 is 0 Å². The molecule has 0 radical (unpaired) electrons. The average Bonchev–Trinajstić information content (AvgIpc) is 3.46. The predicted molar refractivity (Wildman–Crippen MR) is 128 cm³/mol. The maximum atomic E-state index is 13.1. The third kappa shape index (κ3) is 4.69. The molecule has 1 aromatic rings. The van der Waals surface area contributed by atoms with Gasteiger partial charge in [0.15, 0.2) is 11.9 Å². The highest BCUT2D eigenvalue weighted by atomic mass is 32.2. The zero-order chi connectivity index (χ0) is 24.5. The van der Waals surface area contributed by atoms with E-state index in [1.54, 1.807) is 18.0 Å². The number of amidine groups is 2. The summed E-state index contributed by atoms with van der Waals surface area (Å²) in [7, 11) is -3.91. The van der Waals surface area contributed by atoms with E-state index in [1.165, 1.54) is 12.1 Å². The number of nitrogens with one attached hydrogen (secondary N) is 2. The lowest BCUT2D eigenvalue weighted by molar-refractivity contribution is -0.124. The number of hydrogen-bond acceptors (Lipinski definition) is 8. The quantitative estimate of drug-likeness (QED) is 0.481. The van der Waals surface area contributed by atoms with Crippen LogP contribution in [0.15, 0.2) is 33.2 Å². The van der Waals surface area contributed by atoms with Gasteiger partial charge in [0, 0.05) is 12.0 Å². The molecule has 2 heterocycles. The van der Waals surface area contributed by atoms with Crippen LogP contribution in [0, 0.1) is 5.92 Å². The fraction of sp³-hybridized carbons (Fsp3) is 0.609. The molecule has 3 unspecified atom stereocenters. The summed E-state index contributed by atoms with van der Waals surface area (Å²) in [6, 6.07) is 3.13. The third-order valence-corrected chi connectivity index (χ3v) is 8.10. The molecule has 1 fully saturated rings. The summed E-state index contributed by atoms with van der Waals surface area (Å²) in [4.78, 5) is 17.9. The number of ether oxygens (including phenoxy) is 1. The molecule has 3 aliphatic rings. The third-order valence-electron chi connectivity index (χ3n) is 6.58. The van der Waals surface area contributed by atoms with Crippen LogP contribution < -0.4 is 14.8 Å². The van der Waals surface area contributed by atoms with E-state index in [4.69, 9.17) is 14.8 Å². The minimum absolute atomic E-state index is 0.00333. The van der Waals surface area contributed by atoms with Crippen molar-refractivity contribution in [1.82, 2.24) is 15.0 Å². The summed E-state index contributed by atoms with van der Waals surface area (Å²) in [5.74, 6) is 1.53. The molecule has 1 saturated carbocycles. The first-order valence-electron chi connectivity index (χ1n) is 12.0. The number of sulfonamides is 1. The van der Waals surface area contributed by atoms with Gasteiger partial charge >= 0.3 is 0 Å². The van der Waals surface area contributed by atoms with Crippen molar-refractivity contribution >= 4 is 27.6 Å². The normalized spacial score (nSPS) is 23.9. The van der Waals surface area contributed by atoms with Crippen molar-refractivity contribution in [2.75, 3.05) is 13.2 Å². The molecule has 2 aliphatic heterocycles. The van der Waals surface area contributed by atoms with Crippen molar-refractivity contribution in [3.63, 3.8) is 0 Å². The lowest BCUT2D eigenvalue weighted by Crippen LogP contribution is -2.55. The van der Waals surface area contributed by atoms with Gasteiger partial charge < -0.3 is 15.2 Å². The molecule has 1 aromatic carbocycles. The van der Waals surface area contributed by atoms with Crippen molar-refractivity contribution < 1.29 is 23.1 Å². The molecule has 0 spiro atoms. The Bertz CT molecular complexity index is 1090. The Morgan fingerprint density at radius 2 is 2.03 bits per heavy atom. The first kappa shape index (κ1) is 24.6. The van der Waals surface area contributed by atoms with Gasteiger partial charge in [-0.3, -0.25) is 9.79 Å². The Hall–Kier alpha value is -2.50. The van der Waals surface area contributed by atoms with Gasteiger partial charge in [-0.1, -0.05) is 19.8 Å². The molecule has 0 bridgehead atoms. The second kappa shape index (κ2) is 10.0. The highest BCUT2D eigenvalue weighted by Gasteiger charge is 2.45. The Labute approximate surface area is 200 Å². The maximum Gasteiger partial charge on any atom is 0.252 e. The molecule has 10 nitrogen and oxygen atoms in total. The van der Waals surface area contributed by atoms with Gasteiger partial charge in [0.25, 0.3) is 5.91 Å². The number of nitrogens with zero attached hydrogens (tertiary/aromatic N) is 3. The molecule has 186 valence electrons. The second-order valence-corrected chi connectivity index (χ2v) is 10.7. The molecule has 3 N–H and O–H groups in total. The summed E-state index contributed by atoms with van der Waals surface area (Å²) in [5, 5.41) is 18.8. The van der Waals surface area contributed by atoms with Gasteiger partial charge in [-0.15, -0.1) is 0 Å². The molecule has 4 rings (SSSR count).